The lowest BCUT2D eigenvalue weighted by Crippen LogP contribution is -2.26. The van der Waals surface area contributed by atoms with Gasteiger partial charge in [0.05, 0.1) is 20.3 Å². The first kappa shape index (κ1) is 12.5. The van der Waals surface area contributed by atoms with Crippen LogP contribution in [-0.2, 0) is 9.53 Å². The Bertz CT molecular complexity index is 442. The van der Waals surface area contributed by atoms with Crippen LogP contribution in [0.5, 0.6) is 5.75 Å². The molecule has 0 unspecified atom stereocenters. The molecule has 1 aromatic rings. The van der Waals surface area contributed by atoms with E-state index in [1.807, 2.05) is 24.3 Å². The molecule has 0 saturated carbocycles. The van der Waals surface area contributed by atoms with E-state index >= 15 is 0 Å². The van der Waals surface area contributed by atoms with Crippen molar-refractivity contribution in [2.45, 2.75) is 18.9 Å². The summed E-state index contributed by atoms with van der Waals surface area (Å²) in [7, 11) is 1.62. The normalized spacial score (nSPS) is 21.9. The summed E-state index contributed by atoms with van der Waals surface area (Å²) in [6.45, 7) is 2.67. The predicted octanol–water partition coefficient (Wildman–Crippen LogP) is 2.18. The lowest BCUT2D eigenvalue weighted by Gasteiger charge is -2.15. The summed E-state index contributed by atoms with van der Waals surface area (Å²) in [5.74, 6) is 0.452. The van der Waals surface area contributed by atoms with Crippen molar-refractivity contribution in [2.24, 2.45) is 10.2 Å². The molecule has 0 radical (unpaired) electrons. The molecule has 2 atom stereocenters. The molecule has 5 nitrogen and oxygen atoms in total. The number of benzene rings is 1. The van der Waals surface area contributed by atoms with Crippen molar-refractivity contribution in [3.63, 3.8) is 0 Å². The number of methoxy groups -OCH3 is 1. The molecule has 1 aliphatic heterocycles. The van der Waals surface area contributed by atoms with Gasteiger partial charge in [0.1, 0.15) is 5.75 Å². The summed E-state index contributed by atoms with van der Waals surface area (Å²) in [6.07, 6.45) is 0. The van der Waals surface area contributed by atoms with Crippen LogP contribution in [0.25, 0.3) is 0 Å². The fourth-order valence-corrected chi connectivity index (χ4v) is 1.98. The van der Waals surface area contributed by atoms with Crippen molar-refractivity contribution in [2.75, 3.05) is 20.3 Å². The third kappa shape index (κ3) is 2.50. The smallest absolute Gasteiger partial charge is 0.333 e. The first-order valence-electron chi connectivity index (χ1n) is 5.93. The topological polar surface area (TPSA) is 60.2 Å². The van der Waals surface area contributed by atoms with Gasteiger partial charge in [0.2, 0.25) is 0 Å². The van der Waals surface area contributed by atoms with Gasteiger partial charge >= 0.3 is 5.97 Å². The predicted molar refractivity (Wildman–Crippen MR) is 65.9 cm³/mol. The highest BCUT2D eigenvalue weighted by Crippen LogP contribution is 2.29. The molecule has 96 valence electrons. The van der Waals surface area contributed by atoms with Crippen LogP contribution in [0, 0.1) is 0 Å². The number of rotatable bonds is 4. The summed E-state index contributed by atoms with van der Waals surface area (Å²) in [4.78, 5) is 11.8. The number of carbonyl (C=O) groups is 1. The van der Waals surface area contributed by atoms with Crippen LogP contribution in [0.4, 0.5) is 0 Å². The highest BCUT2D eigenvalue weighted by Gasteiger charge is 2.34. The Morgan fingerprint density at radius 3 is 2.72 bits per heavy atom. The maximum absolute atomic E-state index is 11.8. The molecule has 0 bridgehead atoms. The quantitative estimate of drug-likeness (QED) is 0.767. The van der Waals surface area contributed by atoms with Crippen molar-refractivity contribution in [1.82, 2.24) is 0 Å². The third-order valence-electron chi connectivity index (χ3n) is 2.94. The second-order valence-corrected chi connectivity index (χ2v) is 4.02. The van der Waals surface area contributed by atoms with E-state index in [1.54, 1.807) is 14.0 Å². The van der Waals surface area contributed by atoms with Crippen LogP contribution < -0.4 is 4.74 Å². The van der Waals surface area contributed by atoms with Gasteiger partial charge in [-0.3, -0.25) is 0 Å². The van der Waals surface area contributed by atoms with Crippen molar-refractivity contribution >= 4 is 5.97 Å². The summed E-state index contributed by atoms with van der Waals surface area (Å²) >= 11 is 0. The molecule has 1 heterocycles. The van der Waals surface area contributed by atoms with Crippen molar-refractivity contribution < 1.29 is 14.3 Å². The lowest BCUT2D eigenvalue weighted by molar-refractivity contribution is -0.144. The number of carbonyl (C=O) groups excluding carboxylic acids is 1. The SMILES string of the molecule is CCOC(=O)[C@@H]1N=NC[C@@H]1c1ccc(OC)cc1. The first-order valence-corrected chi connectivity index (χ1v) is 5.93. The van der Waals surface area contributed by atoms with E-state index in [-0.39, 0.29) is 11.9 Å². The zero-order valence-corrected chi connectivity index (χ0v) is 10.5. The lowest BCUT2D eigenvalue weighted by atomic mass is 9.93. The summed E-state index contributed by atoms with van der Waals surface area (Å²) < 4.78 is 10.1. The van der Waals surface area contributed by atoms with Gasteiger partial charge in [0, 0.05) is 5.92 Å². The zero-order chi connectivity index (χ0) is 13.0. The molecule has 18 heavy (non-hydrogen) atoms. The number of hydrogen-bond acceptors (Lipinski definition) is 5. The van der Waals surface area contributed by atoms with Crippen LogP contribution in [-0.4, -0.2) is 32.3 Å². The standard InChI is InChI=1S/C13H16N2O3/c1-3-18-13(16)12-11(8-14-15-12)9-4-6-10(17-2)7-5-9/h4-7,11-12H,3,8H2,1-2H3/t11-,12-/m1/s1. The minimum Gasteiger partial charge on any atom is -0.497 e. The maximum atomic E-state index is 11.8. The molecule has 0 N–H and O–H groups in total. The number of azo groups is 1. The molecule has 0 aliphatic carbocycles. The van der Waals surface area contributed by atoms with Crippen molar-refractivity contribution in [1.29, 1.82) is 0 Å². The van der Waals surface area contributed by atoms with Gasteiger partial charge in [0.15, 0.2) is 6.04 Å². The Kier molecular flexibility index (Phi) is 3.92. The molecule has 1 aromatic carbocycles. The van der Waals surface area contributed by atoms with E-state index in [4.69, 9.17) is 9.47 Å². The van der Waals surface area contributed by atoms with Crippen molar-refractivity contribution in [3.05, 3.63) is 29.8 Å². The Hall–Kier alpha value is -1.91. The van der Waals surface area contributed by atoms with Gasteiger partial charge in [0.25, 0.3) is 0 Å². The molecule has 0 saturated heterocycles. The second kappa shape index (κ2) is 5.62. The average Bonchev–Trinajstić information content (AvgIpc) is 2.88. The Labute approximate surface area is 106 Å². The van der Waals surface area contributed by atoms with E-state index in [0.717, 1.165) is 11.3 Å². The number of hydrogen-bond donors (Lipinski definition) is 0. The largest absolute Gasteiger partial charge is 0.497 e. The van der Waals surface area contributed by atoms with E-state index in [0.29, 0.717) is 13.2 Å². The molecule has 2 rings (SSSR count). The highest BCUT2D eigenvalue weighted by atomic mass is 16.5. The van der Waals surface area contributed by atoms with Gasteiger partial charge in [-0.15, -0.1) is 0 Å². The Morgan fingerprint density at radius 1 is 1.39 bits per heavy atom. The molecule has 0 fully saturated rings. The molecule has 1 aliphatic rings. The third-order valence-corrected chi connectivity index (χ3v) is 2.94. The molecule has 0 amide bonds. The minimum absolute atomic E-state index is 0.0324. The van der Waals surface area contributed by atoms with Gasteiger partial charge in [-0.05, 0) is 24.6 Å². The number of nitrogens with zero attached hydrogens (tertiary/aromatic N) is 2. The van der Waals surface area contributed by atoms with Gasteiger partial charge < -0.3 is 9.47 Å². The number of esters is 1. The summed E-state index contributed by atoms with van der Waals surface area (Å²) in [6, 6.07) is 7.10. The van der Waals surface area contributed by atoms with Gasteiger partial charge in [-0.2, -0.15) is 10.2 Å². The number of ether oxygens (including phenoxy) is 2. The molecular weight excluding hydrogens is 232 g/mol. The minimum atomic E-state index is -0.515. The van der Waals surface area contributed by atoms with Gasteiger partial charge in [-0.25, -0.2) is 4.79 Å². The van der Waals surface area contributed by atoms with E-state index in [2.05, 4.69) is 10.2 Å². The fraction of sp³-hybridized carbons (Fsp3) is 0.462. The zero-order valence-electron chi connectivity index (χ0n) is 10.5. The van der Waals surface area contributed by atoms with Crippen LogP contribution >= 0.6 is 0 Å². The second-order valence-electron chi connectivity index (χ2n) is 4.02. The van der Waals surface area contributed by atoms with E-state index < -0.39 is 6.04 Å². The van der Waals surface area contributed by atoms with E-state index in [1.165, 1.54) is 0 Å². The summed E-state index contributed by atoms with van der Waals surface area (Å²) in [5, 5.41) is 7.94. The highest BCUT2D eigenvalue weighted by molar-refractivity contribution is 5.77. The Balaban J connectivity index is 2.14. The monoisotopic (exact) mass is 248 g/mol. The molecule has 0 aromatic heterocycles. The van der Waals surface area contributed by atoms with E-state index in [9.17, 15) is 4.79 Å². The van der Waals surface area contributed by atoms with Crippen LogP contribution in [0.1, 0.15) is 18.4 Å². The first-order chi connectivity index (χ1) is 8.76. The van der Waals surface area contributed by atoms with Crippen LogP contribution in [0.3, 0.4) is 0 Å². The maximum Gasteiger partial charge on any atom is 0.333 e. The molecule has 5 heteroatoms. The molecule has 0 spiro atoms. The van der Waals surface area contributed by atoms with Gasteiger partial charge in [-0.1, -0.05) is 12.1 Å². The summed E-state index contributed by atoms with van der Waals surface area (Å²) in [5.41, 5.74) is 1.03. The Morgan fingerprint density at radius 2 is 2.11 bits per heavy atom. The average molecular weight is 248 g/mol. The van der Waals surface area contributed by atoms with Crippen molar-refractivity contribution in [3.8, 4) is 5.75 Å². The fourth-order valence-electron chi connectivity index (χ4n) is 1.98. The molecular formula is C13H16N2O3. The van der Waals surface area contributed by atoms with Crippen LogP contribution in [0.2, 0.25) is 0 Å². The van der Waals surface area contributed by atoms with Crippen LogP contribution in [0.15, 0.2) is 34.5 Å².